The number of aromatic hydroxyl groups is 1. The maximum atomic E-state index is 9.39. The Morgan fingerprint density at radius 2 is 1.25 bits per heavy atom. The molecule has 2 aromatic carbocycles. The highest BCUT2D eigenvalue weighted by Gasteiger charge is 2.00. The number of aliphatic imine (C=N–C) groups is 1. The van der Waals surface area contributed by atoms with E-state index in [0.717, 1.165) is 23.4 Å². The van der Waals surface area contributed by atoms with Gasteiger partial charge in [0.05, 0.1) is 5.69 Å². The predicted molar refractivity (Wildman–Crippen MR) is 122 cm³/mol. The van der Waals surface area contributed by atoms with E-state index >= 15 is 0 Å². The fraction of sp³-hybridized carbons (Fsp3) is 0.500. The number of phenolic OH excluding ortho intramolecular Hbond substituents is 1. The van der Waals surface area contributed by atoms with Crippen molar-refractivity contribution in [2.75, 3.05) is 0 Å². The fourth-order valence-electron chi connectivity index (χ4n) is 3.51. The van der Waals surface area contributed by atoms with Crippen LogP contribution in [0.25, 0.3) is 0 Å². The average Bonchev–Trinajstić information content (AvgIpc) is 2.71. The molecule has 0 aromatic heterocycles. The Hall–Kier alpha value is -2.09. The molecule has 0 saturated heterocycles. The van der Waals surface area contributed by atoms with Gasteiger partial charge in [-0.3, -0.25) is 4.99 Å². The average molecular weight is 380 g/mol. The normalized spacial score (nSPS) is 11.7. The number of nitrogens with zero attached hydrogens (tertiary/aromatic N) is 1. The van der Waals surface area contributed by atoms with Crippen LogP contribution in [0, 0.1) is 0 Å². The molecule has 0 bridgehead atoms. The van der Waals surface area contributed by atoms with Gasteiger partial charge in [0.2, 0.25) is 0 Å². The van der Waals surface area contributed by atoms with E-state index in [4.69, 9.17) is 4.99 Å². The van der Waals surface area contributed by atoms with Gasteiger partial charge >= 0.3 is 0 Å². The van der Waals surface area contributed by atoms with Gasteiger partial charge in [-0.1, -0.05) is 76.8 Å². The summed E-state index contributed by atoms with van der Waals surface area (Å²) in [7, 11) is 0. The highest BCUT2D eigenvalue weighted by atomic mass is 16.3. The minimum atomic E-state index is 0.285. The summed E-state index contributed by atoms with van der Waals surface area (Å²) in [6, 6.07) is 15.8. The maximum Gasteiger partial charge on any atom is 0.115 e. The number of hydrogen-bond donors (Lipinski definition) is 1. The highest BCUT2D eigenvalue weighted by Crippen LogP contribution is 2.18. The third kappa shape index (κ3) is 8.73. The van der Waals surface area contributed by atoms with Gasteiger partial charge in [-0.2, -0.15) is 0 Å². The van der Waals surface area contributed by atoms with Gasteiger partial charge in [0.15, 0.2) is 0 Å². The van der Waals surface area contributed by atoms with Crippen molar-refractivity contribution in [3.63, 3.8) is 0 Å². The SMILES string of the molecule is CCCCCCCCCCCCc1ccc(N=C(C)c2ccc(O)cc2)cc1. The molecule has 2 aromatic rings. The van der Waals surface area contributed by atoms with Crippen LogP contribution >= 0.6 is 0 Å². The van der Waals surface area contributed by atoms with Gasteiger partial charge in [-0.25, -0.2) is 0 Å². The molecule has 2 nitrogen and oxygen atoms in total. The molecule has 2 rings (SSSR count). The topological polar surface area (TPSA) is 32.6 Å². The summed E-state index contributed by atoms with van der Waals surface area (Å²) in [5, 5.41) is 9.39. The number of benzene rings is 2. The first kappa shape index (κ1) is 22.2. The predicted octanol–water partition coefficient (Wildman–Crippen LogP) is 8.00. The van der Waals surface area contributed by atoms with Crippen molar-refractivity contribution < 1.29 is 5.11 Å². The Morgan fingerprint density at radius 3 is 1.82 bits per heavy atom. The first-order chi connectivity index (χ1) is 13.7. The van der Waals surface area contributed by atoms with E-state index in [0.29, 0.717) is 0 Å². The number of aryl methyl sites for hydroxylation is 1. The third-order valence-corrected chi connectivity index (χ3v) is 5.34. The zero-order chi connectivity index (χ0) is 20.0. The molecule has 0 atom stereocenters. The smallest absolute Gasteiger partial charge is 0.115 e. The molecule has 0 aliphatic carbocycles. The Bertz CT molecular complexity index is 685. The summed E-state index contributed by atoms with van der Waals surface area (Å²) in [6.45, 7) is 4.28. The maximum absolute atomic E-state index is 9.39. The lowest BCUT2D eigenvalue weighted by Gasteiger charge is -2.05. The molecule has 0 spiro atoms. The van der Waals surface area contributed by atoms with E-state index in [-0.39, 0.29) is 5.75 Å². The van der Waals surface area contributed by atoms with Crippen molar-refractivity contribution in [2.45, 2.75) is 84.5 Å². The number of hydrogen-bond acceptors (Lipinski definition) is 2. The van der Waals surface area contributed by atoms with Crippen LogP contribution in [0.4, 0.5) is 5.69 Å². The Morgan fingerprint density at radius 1 is 0.714 bits per heavy atom. The molecule has 0 saturated carbocycles. The van der Waals surface area contributed by atoms with Crippen molar-refractivity contribution in [2.24, 2.45) is 4.99 Å². The highest BCUT2D eigenvalue weighted by molar-refractivity contribution is 6.00. The summed E-state index contributed by atoms with van der Waals surface area (Å²) in [6.07, 6.45) is 15.0. The molecule has 152 valence electrons. The van der Waals surface area contributed by atoms with E-state index in [9.17, 15) is 5.11 Å². The first-order valence-electron chi connectivity index (χ1n) is 11.1. The van der Waals surface area contributed by atoms with Crippen LogP contribution in [0.5, 0.6) is 5.75 Å². The minimum absolute atomic E-state index is 0.285. The van der Waals surface area contributed by atoms with Gasteiger partial charge in [0.1, 0.15) is 5.75 Å². The van der Waals surface area contributed by atoms with Gasteiger partial charge in [-0.05, 0) is 67.3 Å². The van der Waals surface area contributed by atoms with Crippen LogP contribution in [-0.4, -0.2) is 10.8 Å². The molecule has 0 amide bonds. The second-order valence-electron chi connectivity index (χ2n) is 7.84. The lowest BCUT2D eigenvalue weighted by atomic mass is 10.0. The zero-order valence-corrected chi connectivity index (χ0v) is 17.8. The first-order valence-corrected chi connectivity index (χ1v) is 11.1. The van der Waals surface area contributed by atoms with E-state index in [2.05, 4.69) is 31.2 Å². The van der Waals surface area contributed by atoms with Crippen LogP contribution in [0.3, 0.4) is 0 Å². The number of rotatable bonds is 13. The minimum Gasteiger partial charge on any atom is -0.508 e. The van der Waals surface area contributed by atoms with Crippen LogP contribution < -0.4 is 0 Å². The second-order valence-corrected chi connectivity index (χ2v) is 7.84. The van der Waals surface area contributed by atoms with Gasteiger partial charge in [0.25, 0.3) is 0 Å². The molecule has 0 unspecified atom stereocenters. The summed E-state index contributed by atoms with van der Waals surface area (Å²) < 4.78 is 0. The zero-order valence-electron chi connectivity index (χ0n) is 17.8. The molecule has 1 N–H and O–H groups in total. The summed E-state index contributed by atoms with van der Waals surface area (Å²) >= 11 is 0. The molecule has 0 fully saturated rings. The van der Waals surface area contributed by atoms with Gasteiger partial charge in [0, 0.05) is 5.71 Å². The Kier molecular flexibility index (Phi) is 10.4. The lowest BCUT2D eigenvalue weighted by molar-refractivity contribution is 0.475. The molecule has 0 heterocycles. The quantitative estimate of drug-likeness (QED) is 0.277. The molecule has 0 aliphatic heterocycles. The Balaban J connectivity index is 1.64. The lowest BCUT2D eigenvalue weighted by Crippen LogP contribution is -1.93. The second kappa shape index (κ2) is 13.1. The standard InChI is InChI=1S/C26H37NO/c1-3-4-5-6-7-8-9-10-11-12-13-23-14-18-25(19-15-23)27-22(2)24-16-20-26(28)21-17-24/h14-21,28H,3-13H2,1-2H3. The molecule has 28 heavy (non-hydrogen) atoms. The summed E-state index contributed by atoms with van der Waals surface area (Å²) in [4.78, 5) is 4.69. The van der Waals surface area contributed by atoms with Crippen LogP contribution in [0.1, 0.15) is 89.2 Å². The van der Waals surface area contributed by atoms with Crippen molar-refractivity contribution >= 4 is 11.4 Å². The van der Waals surface area contributed by atoms with Crippen LogP contribution in [-0.2, 0) is 6.42 Å². The van der Waals surface area contributed by atoms with Gasteiger partial charge < -0.3 is 5.11 Å². The monoisotopic (exact) mass is 379 g/mol. The Labute approximate surface area is 171 Å². The van der Waals surface area contributed by atoms with E-state index in [1.807, 2.05) is 19.1 Å². The molecule has 0 aliphatic rings. The van der Waals surface area contributed by atoms with E-state index < -0.39 is 0 Å². The van der Waals surface area contributed by atoms with E-state index in [1.54, 1.807) is 12.1 Å². The summed E-state index contributed by atoms with van der Waals surface area (Å²) in [5.74, 6) is 0.285. The van der Waals surface area contributed by atoms with Crippen molar-refractivity contribution in [3.05, 3.63) is 59.7 Å². The number of unbranched alkanes of at least 4 members (excludes halogenated alkanes) is 9. The molecular formula is C26H37NO. The molecular weight excluding hydrogens is 342 g/mol. The van der Waals surface area contributed by atoms with Gasteiger partial charge in [-0.15, -0.1) is 0 Å². The van der Waals surface area contributed by atoms with Crippen LogP contribution in [0.15, 0.2) is 53.5 Å². The summed E-state index contributed by atoms with van der Waals surface area (Å²) in [5.41, 5.74) is 4.38. The van der Waals surface area contributed by atoms with Crippen molar-refractivity contribution in [3.8, 4) is 5.75 Å². The fourth-order valence-corrected chi connectivity index (χ4v) is 3.51. The third-order valence-electron chi connectivity index (χ3n) is 5.34. The molecule has 2 heteroatoms. The largest absolute Gasteiger partial charge is 0.508 e. The molecule has 0 radical (unpaired) electrons. The number of phenols is 1. The van der Waals surface area contributed by atoms with E-state index in [1.165, 1.54) is 69.8 Å². The van der Waals surface area contributed by atoms with Crippen LogP contribution in [0.2, 0.25) is 0 Å². The van der Waals surface area contributed by atoms with Crippen molar-refractivity contribution in [1.29, 1.82) is 0 Å². The van der Waals surface area contributed by atoms with Crippen molar-refractivity contribution in [1.82, 2.24) is 0 Å².